The van der Waals surface area contributed by atoms with Crippen molar-refractivity contribution in [3.8, 4) is 5.69 Å². The second kappa shape index (κ2) is 11.3. The minimum Gasteiger partial charge on any atom is -0.456 e. The molecule has 0 bridgehead atoms. The lowest BCUT2D eigenvalue weighted by atomic mass is 10.0. The van der Waals surface area contributed by atoms with E-state index in [1.807, 2.05) is 24.3 Å². The van der Waals surface area contributed by atoms with E-state index in [1.54, 1.807) is 0 Å². The predicted octanol–water partition coefficient (Wildman–Crippen LogP) is 15.2. The molecule has 14 rings (SSSR count). The highest BCUT2D eigenvalue weighted by atomic mass is 16.3. The second-order valence-corrected chi connectivity index (χ2v) is 15.7. The zero-order valence-corrected chi connectivity index (χ0v) is 31.6. The van der Waals surface area contributed by atoms with Crippen molar-refractivity contribution in [2.45, 2.75) is 0 Å². The molecule has 0 saturated carbocycles. The van der Waals surface area contributed by atoms with Gasteiger partial charge in [-0.1, -0.05) is 97.1 Å². The van der Waals surface area contributed by atoms with Crippen LogP contribution in [0.3, 0.4) is 0 Å². The molecule has 0 aliphatic heterocycles. The quantitative estimate of drug-likeness (QED) is 0.180. The van der Waals surface area contributed by atoms with Gasteiger partial charge in [0.1, 0.15) is 22.3 Å². The average Bonchev–Trinajstić information content (AvgIpc) is 4.02. The molecule has 0 spiro atoms. The number of nitrogens with zero attached hydrogens (tertiary/aromatic N) is 3. The van der Waals surface area contributed by atoms with Crippen LogP contribution < -0.4 is 4.90 Å². The van der Waals surface area contributed by atoms with Gasteiger partial charge in [-0.3, -0.25) is 0 Å². The van der Waals surface area contributed by atoms with Gasteiger partial charge in [0, 0.05) is 71.2 Å². The largest absolute Gasteiger partial charge is 0.456 e. The van der Waals surface area contributed by atoms with Crippen molar-refractivity contribution < 1.29 is 8.83 Å². The molecule has 0 atom stereocenters. The Morgan fingerprint density at radius 1 is 0.322 bits per heavy atom. The van der Waals surface area contributed by atoms with Gasteiger partial charge in [0.2, 0.25) is 0 Å². The van der Waals surface area contributed by atoms with Gasteiger partial charge in [0.25, 0.3) is 0 Å². The van der Waals surface area contributed by atoms with Gasteiger partial charge in [0.05, 0.1) is 27.6 Å². The number of furan rings is 2. The number of rotatable bonds is 4. The molecular weight excluding hydrogens is 723 g/mol. The van der Waals surface area contributed by atoms with Gasteiger partial charge in [0.15, 0.2) is 0 Å². The van der Waals surface area contributed by atoms with Crippen molar-refractivity contribution in [3.63, 3.8) is 0 Å². The Morgan fingerprint density at radius 2 is 0.814 bits per heavy atom. The van der Waals surface area contributed by atoms with Crippen LogP contribution in [0.4, 0.5) is 17.1 Å². The third kappa shape index (κ3) is 4.13. The molecule has 9 aromatic carbocycles. The number of aromatic nitrogens is 2. The summed E-state index contributed by atoms with van der Waals surface area (Å²) in [6.07, 6.45) is 0. The molecule has 5 nitrogen and oxygen atoms in total. The van der Waals surface area contributed by atoms with Crippen LogP contribution in [-0.2, 0) is 0 Å². The van der Waals surface area contributed by atoms with Gasteiger partial charge in [-0.15, -0.1) is 0 Å². The molecule has 274 valence electrons. The van der Waals surface area contributed by atoms with Crippen molar-refractivity contribution in [1.82, 2.24) is 8.97 Å². The molecule has 0 radical (unpaired) electrons. The topological polar surface area (TPSA) is 38.9 Å². The third-order valence-electron chi connectivity index (χ3n) is 12.6. The van der Waals surface area contributed by atoms with Crippen LogP contribution in [0.1, 0.15) is 0 Å². The number of para-hydroxylation sites is 4. The molecule has 5 heterocycles. The van der Waals surface area contributed by atoms with Gasteiger partial charge in [-0.25, -0.2) is 0 Å². The Hall–Kier alpha value is -8.02. The van der Waals surface area contributed by atoms with Crippen molar-refractivity contribution in [1.29, 1.82) is 0 Å². The minimum absolute atomic E-state index is 0.868. The van der Waals surface area contributed by atoms with E-state index >= 15 is 0 Å². The van der Waals surface area contributed by atoms with Crippen LogP contribution in [0, 0.1) is 0 Å². The van der Waals surface area contributed by atoms with Gasteiger partial charge < -0.3 is 22.7 Å². The fraction of sp³-hybridized carbons (Fsp3) is 0. The Kier molecular flexibility index (Phi) is 5.96. The number of anilines is 3. The summed E-state index contributed by atoms with van der Waals surface area (Å²) < 4.78 is 17.5. The zero-order valence-electron chi connectivity index (χ0n) is 31.6. The van der Waals surface area contributed by atoms with E-state index in [2.05, 4.69) is 178 Å². The molecule has 59 heavy (non-hydrogen) atoms. The Labute approximate surface area is 336 Å². The Bertz CT molecular complexity index is 3930. The monoisotopic (exact) mass is 753 g/mol. The highest BCUT2D eigenvalue weighted by Crippen LogP contribution is 2.46. The van der Waals surface area contributed by atoms with Gasteiger partial charge in [-0.05, 0) is 96.4 Å². The molecule has 0 fully saturated rings. The average molecular weight is 754 g/mol. The lowest BCUT2D eigenvalue weighted by Crippen LogP contribution is -2.10. The van der Waals surface area contributed by atoms with Crippen molar-refractivity contribution in [2.24, 2.45) is 0 Å². The SMILES string of the molecule is c1cc(N(c2ccc3oc4ccccc4c3c2)c2ccc3oc4ccccc4c3c2)cc(-n2c3cccc4c5cccc6c7ccccc7n(c7cccc2c7c43)c56)c1. The normalized spacial score (nSPS) is 12.4. The fourth-order valence-corrected chi connectivity index (χ4v) is 10.2. The lowest BCUT2D eigenvalue weighted by molar-refractivity contribution is 0.668. The zero-order chi connectivity index (χ0) is 38.3. The number of benzene rings is 9. The van der Waals surface area contributed by atoms with Crippen molar-refractivity contribution >= 4 is 121 Å². The molecule has 14 aromatic rings. The summed E-state index contributed by atoms with van der Waals surface area (Å²) in [7, 11) is 0. The predicted molar refractivity (Wildman–Crippen MR) is 245 cm³/mol. The number of fused-ring (bicyclic) bond motifs is 11. The van der Waals surface area contributed by atoms with E-state index in [1.165, 1.54) is 59.9 Å². The standard InChI is InChI=1S/C54H31N3O2/c1-4-19-44-36(13-1)40-17-8-18-41-39-16-9-20-45-52(39)53-46(21-10-22-47(53)57(44)54(40)41)56(45)33-12-7-11-32(29-33)55(34-25-27-50-42(30-34)37-14-2-5-23-48(37)58-50)35-26-28-51-43(31-35)38-15-3-6-24-49(38)59-51/h1-31H. The molecule has 0 saturated heterocycles. The Balaban J connectivity index is 1.05. The maximum Gasteiger partial charge on any atom is 0.135 e. The first-order chi connectivity index (χ1) is 29.3. The molecule has 5 aromatic heterocycles. The van der Waals surface area contributed by atoms with Crippen molar-refractivity contribution in [2.75, 3.05) is 4.90 Å². The van der Waals surface area contributed by atoms with E-state index in [0.29, 0.717) is 0 Å². The molecule has 0 aliphatic carbocycles. The smallest absolute Gasteiger partial charge is 0.135 e. The van der Waals surface area contributed by atoms with E-state index in [9.17, 15) is 0 Å². The first-order valence-electron chi connectivity index (χ1n) is 20.1. The molecule has 0 aliphatic rings. The van der Waals surface area contributed by atoms with Crippen molar-refractivity contribution in [3.05, 3.63) is 188 Å². The first kappa shape index (κ1) is 31.1. The van der Waals surface area contributed by atoms with Crippen LogP contribution in [0.2, 0.25) is 0 Å². The van der Waals surface area contributed by atoms with Crippen LogP contribution in [0.5, 0.6) is 0 Å². The molecule has 0 amide bonds. The van der Waals surface area contributed by atoms with E-state index in [0.717, 1.165) is 66.6 Å². The first-order valence-corrected chi connectivity index (χ1v) is 20.1. The molecular formula is C54H31N3O2. The van der Waals surface area contributed by atoms with E-state index in [-0.39, 0.29) is 0 Å². The summed E-state index contributed by atoms with van der Waals surface area (Å²) >= 11 is 0. The van der Waals surface area contributed by atoms with E-state index in [4.69, 9.17) is 8.83 Å². The summed E-state index contributed by atoms with van der Waals surface area (Å²) in [6.45, 7) is 0. The Morgan fingerprint density at radius 3 is 1.54 bits per heavy atom. The molecule has 0 unspecified atom stereocenters. The maximum absolute atomic E-state index is 6.30. The molecule has 5 heteroatoms. The summed E-state index contributed by atoms with van der Waals surface area (Å²) in [4.78, 5) is 2.36. The van der Waals surface area contributed by atoms with Gasteiger partial charge >= 0.3 is 0 Å². The van der Waals surface area contributed by atoms with Crippen LogP contribution in [0.25, 0.3) is 109 Å². The maximum atomic E-state index is 6.30. The van der Waals surface area contributed by atoms with E-state index < -0.39 is 0 Å². The summed E-state index contributed by atoms with van der Waals surface area (Å²) in [5, 5.41) is 12.0. The fourth-order valence-electron chi connectivity index (χ4n) is 10.2. The van der Waals surface area contributed by atoms with Crippen LogP contribution >= 0.6 is 0 Å². The summed E-state index contributed by atoms with van der Waals surface area (Å²) in [5.41, 5.74) is 13.7. The third-order valence-corrected chi connectivity index (χ3v) is 12.6. The summed E-state index contributed by atoms with van der Waals surface area (Å²) in [6, 6.07) is 67.7. The number of hydrogen-bond donors (Lipinski definition) is 0. The van der Waals surface area contributed by atoms with Crippen LogP contribution in [0.15, 0.2) is 197 Å². The highest BCUT2D eigenvalue weighted by molar-refractivity contribution is 6.31. The van der Waals surface area contributed by atoms with Gasteiger partial charge in [-0.2, -0.15) is 0 Å². The second-order valence-electron chi connectivity index (χ2n) is 15.7. The molecule has 0 N–H and O–H groups in total. The lowest BCUT2D eigenvalue weighted by Gasteiger charge is -2.26. The van der Waals surface area contributed by atoms with Crippen LogP contribution in [-0.4, -0.2) is 8.97 Å². The summed E-state index contributed by atoms with van der Waals surface area (Å²) in [5.74, 6) is 0. The highest BCUT2D eigenvalue weighted by Gasteiger charge is 2.23. The number of hydrogen-bond acceptors (Lipinski definition) is 3. The minimum atomic E-state index is 0.868.